The van der Waals surface area contributed by atoms with Crippen LogP contribution < -0.4 is 11.3 Å². The maximum atomic E-state index is 11.5. The zero-order chi connectivity index (χ0) is 12.1. The van der Waals surface area contributed by atoms with Crippen LogP contribution in [0.3, 0.4) is 0 Å². The molecule has 0 fully saturated rings. The Bertz CT molecular complexity index is 618. The van der Waals surface area contributed by atoms with E-state index in [4.69, 9.17) is 5.73 Å². The molecule has 0 unspecified atom stereocenters. The molecule has 2 N–H and O–H groups in total. The van der Waals surface area contributed by atoms with Gasteiger partial charge in [0.25, 0.3) is 5.56 Å². The first-order chi connectivity index (χ1) is 8.31. The number of hydrogen-bond donors (Lipinski definition) is 1. The number of rotatable bonds is 2. The largest absolute Gasteiger partial charge is 0.320 e. The molecule has 2 aromatic heterocycles. The summed E-state index contributed by atoms with van der Waals surface area (Å²) in [6.45, 7) is 0.834. The van der Waals surface area contributed by atoms with Crippen molar-refractivity contribution in [2.45, 2.75) is 6.54 Å². The van der Waals surface area contributed by atoms with Gasteiger partial charge >= 0.3 is 0 Å². The van der Waals surface area contributed by atoms with E-state index in [-0.39, 0.29) is 5.56 Å². The average molecular weight is 245 g/mol. The summed E-state index contributed by atoms with van der Waals surface area (Å²) in [4.78, 5) is 16.5. The summed E-state index contributed by atoms with van der Waals surface area (Å²) >= 11 is 1.57. The Morgan fingerprint density at radius 1 is 1.47 bits per heavy atom. The van der Waals surface area contributed by atoms with Crippen LogP contribution in [0.1, 0.15) is 10.4 Å². The molecule has 0 amide bonds. The molecule has 4 nitrogen and oxygen atoms in total. The molecular weight excluding hydrogens is 234 g/mol. The fraction of sp³-hybridized carbons (Fsp3) is 0.167. The second-order valence-corrected chi connectivity index (χ2v) is 4.31. The van der Waals surface area contributed by atoms with Crippen LogP contribution in [-0.2, 0) is 6.54 Å². The predicted octanol–water partition coefficient (Wildman–Crippen LogP) is 0.663. The third kappa shape index (κ3) is 2.81. The Labute approximate surface area is 103 Å². The van der Waals surface area contributed by atoms with Crippen LogP contribution in [0, 0.1) is 11.8 Å². The van der Waals surface area contributed by atoms with E-state index < -0.39 is 0 Å². The molecule has 0 aliphatic heterocycles. The lowest BCUT2D eigenvalue weighted by Crippen LogP contribution is -2.19. The van der Waals surface area contributed by atoms with Crippen molar-refractivity contribution in [3.05, 3.63) is 50.8 Å². The van der Waals surface area contributed by atoms with Gasteiger partial charge < -0.3 is 5.73 Å². The minimum absolute atomic E-state index is 0.0638. The number of nitrogens with zero attached hydrogens (tertiary/aromatic N) is 2. The summed E-state index contributed by atoms with van der Waals surface area (Å²) < 4.78 is 1.56. The quantitative estimate of drug-likeness (QED) is 0.791. The lowest BCUT2D eigenvalue weighted by molar-refractivity contribution is 0.744. The molecule has 2 rings (SSSR count). The molecule has 2 heterocycles. The van der Waals surface area contributed by atoms with Gasteiger partial charge in [-0.15, -0.1) is 11.3 Å². The molecule has 0 aliphatic rings. The SMILES string of the molecule is NCC#Cc1ccsc1Cn1cnccc1=O. The molecule has 2 aromatic rings. The Kier molecular flexibility index (Phi) is 3.70. The molecule has 0 aromatic carbocycles. The lowest BCUT2D eigenvalue weighted by Gasteiger charge is -2.02. The van der Waals surface area contributed by atoms with Crippen molar-refractivity contribution >= 4 is 11.3 Å². The Morgan fingerprint density at radius 2 is 2.35 bits per heavy atom. The fourth-order valence-corrected chi connectivity index (χ4v) is 2.20. The van der Waals surface area contributed by atoms with Crippen LogP contribution in [0.25, 0.3) is 0 Å². The van der Waals surface area contributed by atoms with Crippen molar-refractivity contribution < 1.29 is 0 Å². The maximum absolute atomic E-state index is 11.5. The molecule has 0 saturated heterocycles. The smallest absolute Gasteiger partial charge is 0.253 e. The van der Waals surface area contributed by atoms with Gasteiger partial charge in [-0.25, -0.2) is 4.98 Å². The van der Waals surface area contributed by atoms with Crippen LogP contribution in [0.2, 0.25) is 0 Å². The molecule has 86 valence electrons. The molecule has 0 saturated carbocycles. The van der Waals surface area contributed by atoms with Crippen molar-refractivity contribution in [2.24, 2.45) is 5.73 Å². The van der Waals surface area contributed by atoms with Gasteiger partial charge in [-0.3, -0.25) is 9.36 Å². The fourth-order valence-electron chi connectivity index (χ4n) is 1.37. The third-order valence-corrected chi connectivity index (χ3v) is 3.08. The van der Waals surface area contributed by atoms with Crippen molar-refractivity contribution in [3.63, 3.8) is 0 Å². The zero-order valence-electron chi connectivity index (χ0n) is 9.09. The minimum atomic E-state index is -0.0638. The van der Waals surface area contributed by atoms with Gasteiger partial charge in [0.1, 0.15) is 0 Å². The van der Waals surface area contributed by atoms with Crippen LogP contribution in [-0.4, -0.2) is 16.1 Å². The van der Waals surface area contributed by atoms with Crippen molar-refractivity contribution in [1.29, 1.82) is 0 Å². The van der Waals surface area contributed by atoms with E-state index in [9.17, 15) is 4.79 Å². The van der Waals surface area contributed by atoms with Gasteiger partial charge in [-0.1, -0.05) is 11.8 Å². The second-order valence-electron chi connectivity index (χ2n) is 3.31. The first kappa shape index (κ1) is 11.6. The van der Waals surface area contributed by atoms with E-state index in [0.717, 1.165) is 10.4 Å². The van der Waals surface area contributed by atoms with Crippen LogP contribution in [0.15, 0.2) is 34.8 Å². The normalized spacial score (nSPS) is 9.71. The van der Waals surface area contributed by atoms with Crippen molar-refractivity contribution in [2.75, 3.05) is 6.54 Å². The molecule has 0 radical (unpaired) electrons. The van der Waals surface area contributed by atoms with E-state index in [2.05, 4.69) is 16.8 Å². The second kappa shape index (κ2) is 5.43. The molecular formula is C12H11N3OS. The predicted molar refractivity (Wildman–Crippen MR) is 67.9 cm³/mol. The first-order valence-corrected chi connectivity index (χ1v) is 5.95. The number of thiophene rings is 1. The first-order valence-electron chi connectivity index (χ1n) is 5.07. The highest BCUT2D eigenvalue weighted by Gasteiger charge is 2.03. The molecule has 0 aliphatic carbocycles. The Hall–Kier alpha value is -1.90. The number of aromatic nitrogens is 2. The maximum Gasteiger partial charge on any atom is 0.253 e. The Morgan fingerprint density at radius 3 is 3.12 bits per heavy atom. The zero-order valence-corrected chi connectivity index (χ0v) is 9.91. The highest BCUT2D eigenvalue weighted by atomic mass is 32.1. The van der Waals surface area contributed by atoms with Gasteiger partial charge in [0.2, 0.25) is 0 Å². The van der Waals surface area contributed by atoms with Crippen molar-refractivity contribution in [3.8, 4) is 11.8 Å². The summed E-state index contributed by atoms with van der Waals surface area (Å²) in [5, 5.41) is 1.96. The van der Waals surface area contributed by atoms with Gasteiger partial charge in [0.15, 0.2) is 0 Å². The monoisotopic (exact) mass is 245 g/mol. The van der Waals surface area contributed by atoms with Gasteiger partial charge in [0.05, 0.1) is 19.4 Å². The topological polar surface area (TPSA) is 60.9 Å². The van der Waals surface area contributed by atoms with E-state index in [1.165, 1.54) is 18.6 Å². The van der Waals surface area contributed by atoms with Gasteiger partial charge in [-0.2, -0.15) is 0 Å². The highest BCUT2D eigenvalue weighted by molar-refractivity contribution is 7.10. The third-order valence-electron chi connectivity index (χ3n) is 2.18. The summed E-state index contributed by atoms with van der Waals surface area (Å²) in [6.07, 6.45) is 3.02. The van der Waals surface area contributed by atoms with E-state index >= 15 is 0 Å². The summed E-state index contributed by atoms with van der Waals surface area (Å²) in [5.41, 5.74) is 6.20. The van der Waals surface area contributed by atoms with Crippen LogP contribution >= 0.6 is 11.3 Å². The molecule has 17 heavy (non-hydrogen) atoms. The number of hydrogen-bond acceptors (Lipinski definition) is 4. The highest BCUT2D eigenvalue weighted by Crippen LogP contribution is 2.16. The Balaban J connectivity index is 2.28. The summed E-state index contributed by atoms with van der Waals surface area (Å²) in [5.74, 6) is 5.81. The molecule has 0 spiro atoms. The van der Waals surface area contributed by atoms with Crippen LogP contribution in [0.4, 0.5) is 0 Å². The van der Waals surface area contributed by atoms with E-state index in [0.29, 0.717) is 13.1 Å². The van der Waals surface area contributed by atoms with Crippen molar-refractivity contribution in [1.82, 2.24) is 9.55 Å². The van der Waals surface area contributed by atoms with Gasteiger partial charge in [-0.05, 0) is 11.4 Å². The summed E-state index contributed by atoms with van der Waals surface area (Å²) in [6, 6.07) is 3.38. The standard InChI is InChI=1S/C12H11N3OS/c13-5-1-2-10-4-7-17-11(10)8-15-9-14-6-3-12(15)16/h3-4,6-7,9H,5,8,13H2. The molecule has 0 atom stereocenters. The van der Waals surface area contributed by atoms with Gasteiger partial charge in [0, 0.05) is 22.7 Å². The minimum Gasteiger partial charge on any atom is -0.320 e. The molecule has 0 bridgehead atoms. The number of nitrogens with two attached hydrogens (primary N) is 1. The molecule has 5 heteroatoms. The van der Waals surface area contributed by atoms with E-state index in [1.807, 2.05) is 11.4 Å². The average Bonchev–Trinajstić information content (AvgIpc) is 2.77. The lowest BCUT2D eigenvalue weighted by atomic mass is 10.2. The van der Waals surface area contributed by atoms with Crippen LogP contribution in [0.5, 0.6) is 0 Å². The summed E-state index contributed by atoms with van der Waals surface area (Å²) in [7, 11) is 0. The van der Waals surface area contributed by atoms with E-state index in [1.54, 1.807) is 15.9 Å².